The van der Waals surface area contributed by atoms with E-state index in [0.29, 0.717) is 16.3 Å². The standard InChI is InChI=1S/C11H7FN2O2S/c12-8-2-1-3-9(7(8)6-15)17-11-13-5-4-10(16)14-11/h1-6H,(H,13,14,16). The highest BCUT2D eigenvalue weighted by atomic mass is 32.2. The van der Waals surface area contributed by atoms with Gasteiger partial charge in [-0.1, -0.05) is 17.8 Å². The second-order valence-corrected chi connectivity index (χ2v) is 4.14. The second-order valence-electron chi connectivity index (χ2n) is 3.11. The molecule has 0 saturated heterocycles. The summed E-state index contributed by atoms with van der Waals surface area (Å²) in [5.41, 5.74) is -0.337. The number of halogens is 1. The molecule has 86 valence electrons. The van der Waals surface area contributed by atoms with E-state index >= 15 is 0 Å². The monoisotopic (exact) mass is 250 g/mol. The minimum Gasteiger partial charge on any atom is -0.301 e. The van der Waals surface area contributed by atoms with E-state index < -0.39 is 5.82 Å². The Hall–Kier alpha value is -1.95. The fourth-order valence-corrected chi connectivity index (χ4v) is 2.10. The van der Waals surface area contributed by atoms with Crippen LogP contribution in [0.1, 0.15) is 10.4 Å². The van der Waals surface area contributed by atoms with Crippen LogP contribution in [0.25, 0.3) is 0 Å². The third kappa shape index (κ3) is 2.59. The number of benzene rings is 1. The Morgan fingerprint density at radius 1 is 1.35 bits per heavy atom. The number of nitrogens with zero attached hydrogens (tertiary/aromatic N) is 1. The second kappa shape index (κ2) is 4.92. The predicted molar refractivity (Wildman–Crippen MR) is 60.8 cm³/mol. The summed E-state index contributed by atoms with van der Waals surface area (Å²) in [6.45, 7) is 0. The molecule has 1 N–H and O–H groups in total. The van der Waals surface area contributed by atoms with Crippen molar-refractivity contribution in [2.24, 2.45) is 0 Å². The number of rotatable bonds is 3. The van der Waals surface area contributed by atoms with Crippen molar-refractivity contribution in [3.8, 4) is 0 Å². The van der Waals surface area contributed by atoms with Crippen molar-refractivity contribution in [3.05, 3.63) is 52.2 Å². The third-order valence-corrected chi connectivity index (χ3v) is 2.96. The maximum absolute atomic E-state index is 13.3. The Labute approximate surface area is 99.9 Å². The van der Waals surface area contributed by atoms with E-state index in [1.807, 2.05) is 0 Å². The van der Waals surface area contributed by atoms with Crippen molar-refractivity contribution >= 4 is 18.0 Å². The van der Waals surface area contributed by atoms with Crippen LogP contribution in [0.5, 0.6) is 0 Å². The Kier molecular flexibility index (Phi) is 3.34. The highest BCUT2D eigenvalue weighted by Crippen LogP contribution is 2.27. The molecular weight excluding hydrogens is 243 g/mol. The van der Waals surface area contributed by atoms with Gasteiger partial charge in [0.1, 0.15) is 5.82 Å². The zero-order valence-electron chi connectivity index (χ0n) is 8.51. The van der Waals surface area contributed by atoms with Gasteiger partial charge < -0.3 is 4.98 Å². The number of carbonyl (C=O) groups excluding carboxylic acids is 1. The summed E-state index contributed by atoms with van der Waals surface area (Å²) >= 11 is 1.03. The predicted octanol–water partition coefficient (Wildman–Crippen LogP) is 1.87. The Morgan fingerprint density at radius 2 is 2.18 bits per heavy atom. The summed E-state index contributed by atoms with van der Waals surface area (Å²) in [7, 11) is 0. The summed E-state index contributed by atoms with van der Waals surface area (Å²) in [5.74, 6) is -0.594. The number of aldehydes is 1. The minimum atomic E-state index is -0.594. The van der Waals surface area contributed by atoms with Gasteiger partial charge in [-0.2, -0.15) is 0 Å². The van der Waals surface area contributed by atoms with Gasteiger partial charge in [0, 0.05) is 17.2 Å². The van der Waals surface area contributed by atoms with Crippen molar-refractivity contribution in [2.75, 3.05) is 0 Å². The molecule has 2 aromatic rings. The van der Waals surface area contributed by atoms with E-state index in [1.54, 1.807) is 6.07 Å². The molecule has 1 aromatic carbocycles. The molecule has 6 heteroatoms. The maximum Gasteiger partial charge on any atom is 0.251 e. The number of hydrogen-bond acceptors (Lipinski definition) is 4. The summed E-state index contributed by atoms with van der Waals surface area (Å²) < 4.78 is 13.3. The average molecular weight is 250 g/mol. The highest BCUT2D eigenvalue weighted by molar-refractivity contribution is 7.99. The number of aromatic amines is 1. The average Bonchev–Trinajstić information content (AvgIpc) is 2.29. The number of aromatic nitrogens is 2. The smallest absolute Gasteiger partial charge is 0.251 e. The van der Waals surface area contributed by atoms with Gasteiger partial charge in [0.15, 0.2) is 11.4 Å². The number of carbonyl (C=O) groups is 1. The minimum absolute atomic E-state index is 0.0380. The summed E-state index contributed by atoms with van der Waals surface area (Å²) in [4.78, 5) is 28.6. The fraction of sp³-hybridized carbons (Fsp3) is 0. The molecule has 4 nitrogen and oxygen atoms in total. The van der Waals surface area contributed by atoms with Crippen molar-refractivity contribution in [3.63, 3.8) is 0 Å². The van der Waals surface area contributed by atoms with E-state index in [0.717, 1.165) is 11.8 Å². The summed E-state index contributed by atoms with van der Waals surface area (Å²) in [5, 5.41) is 0.311. The lowest BCUT2D eigenvalue weighted by Gasteiger charge is -2.03. The molecule has 1 aromatic heterocycles. The van der Waals surface area contributed by atoms with Gasteiger partial charge in [-0.15, -0.1) is 0 Å². The Morgan fingerprint density at radius 3 is 2.88 bits per heavy atom. The van der Waals surface area contributed by atoms with Crippen molar-refractivity contribution < 1.29 is 9.18 Å². The SMILES string of the molecule is O=Cc1c(F)cccc1Sc1nccc(=O)[nH]1. The molecule has 0 unspecified atom stereocenters. The molecule has 0 bridgehead atoms. The zero-order valence-corrected chi connectivity index (χ0v) is 9.33. The van der Waals surface area contributed by atoms with Crippen molar-refractivity contribution in [1.29, 1.82) is 0 Å². The van der Waals surface area contributed by atoms with Crippen LogP contribution in [0.3, 0.4) is 0 Å². The molecule has 0 aliphatic rings. The topological polar surface area (TPSA) is 62.8 Å². The van der Waals surface area contributed by atoms with E-state index in [1.165, 1.54) is 24.4 Å². The normalized spacial score (nSPS) is 10.2. The van der Waals surface area contributed by atoms with Crippen LogP contribution >= 0.6 is 11.8 Å². The maximum atomic E-state index is 13.3. The van der Waals surface area contributed by atoms with Crippen LogP contribution in [0.4, 0.5) is 4.39 Å². The highest BCUT2D eigenvalue weighted by Gasteiger charge is 2.09. The molecule has 0 aliphatic heterocycles. The molecule has 2 rings (SSSR count). The summed E-state index contributed by atoms with van der Waals surface area (Å²) in [6.07, 6.45) is 1.79. The van der Waals surface area contributed by atoms with Crippen LogP contribution in [-0.2, 0) is 0 Å². The van der Waals surface area contributed by atoms with Crippen LogP contribution < -0.4 is 5.56 Å². The molecule has 0 amide bonds. The first-order valence-corrected chi connectivity index (χ1v) is 5.49. The molecule has 0 fully saturated rings. The quantitative estimate of drug-likeness (QED) is 0.667. The third-order valence-electron chi connectivity index (χ3n) is 1.99. The van der Waals surface area contributed by atoms with E-state index in [9.17, 15) is 14.0 Å². The van der Waals surface area contributed by atoms with Gasteiger partial charge in [0.05, 0.1) is 5.56 Å². The molecule has 0 saturated carbocycles. The molecule has 0 aliphatic carbocycles. The van der Waals surface area contributed by atoms with Crippen molar-refractivity contribution in [2.45, 2.75) is 10.1 Å². The van der Waals surface area contributed by atoms with E-state index in [-0.39, 0.29) is 11.1 Å². The first-order chi connectivity index (χ1) is 8.20. The molecule has 0 spiro atoms. The first-order valence-electron chi connectivity index (χ1n) is 4.67. The largest absolute Gasteiger partial charge is 0.301 e. The van der Waals surface area contributed by atoms with Crippen LogP contribution in [0.2, 0.25) is 0 Å². The zero-order chi connectivity index (χ0) is 12.3. The lowest BCUT2D eigenvalue weighted by molar-refractivity contribution is 0.111. The Bertz CT molecular complexity index is 612. The van der Waals surface area contributed by atoms with Crippen molar-refractivity contribution in [1.82, 2.24) is 9.97 Å². The van der Waals surface area contributed by atoms with Gasteiger partial charge in [-0.05, 0) is 12.1 Å². The molecule has 0 radical (unpaired) electrons. The van der Waals surface area contributed by atoms with Crippen LogP contribution in [0, 0.1) is 5.82 Å². The van der Waals surface area contributed by atoms with Gasteiger partial charge in [-0.25, -0.2) is 9.37 Å². The van der Waals surface area contributed by atoms with Gasteiger partial charge in [0.2, 0.25) is 0 Å². The molecular formula is C11H7FN2O2S. The molecule has 0 atom stereocenters. The number of nitrogens with one attached hydrogen (secondary N) is 1. The van der Waals surface area contributed by atoms with Crippen LogP contribution in [-0.4, -0.2) is 16.3 Å². The van der Waals surface area contributed by atoms with Gasteiger partial charge in [0.25, 0.3) is 5.56 Å². The van der Waals surface area contributed by atoms with Crippen LogP contribution in [0.15, 0.2) is 45.3 Å². The van der Waals surface area contributed by atoms with Gasteiger partial charge >= 0.3 is 0 Å². The fourth-order valence-electron chi connectivity index (χ4n) is 1.23. The summed E-state index contributed by atoms with van der Waals surface area (Å²) in [6, 6.07) is 5.56. The van der Waals surface area contributed by atoms with E-state index in [2.05, 4.69) is 9.97 Å². The first kappa shape index (κ1) is 11.5. The molecule has 1 heterocycles. The number of hydrogen-bond donors (Lipinski definition) is 1. The van der Waals surface area contributed by atoms with E-state index in [4.69, 9.17) is 0 Å². The van der Waals surface area contributed by atoms with Gasteiger partial charge in [-0.3, -0.25) is 9.59 Å². The lowest BCUT2D eigenvalue weighted by atomic mass is 10.2. The number of H-pyrrole nitrogens is 1. The Balaban J connectivity index is 2.39. The molecule has 17 heavy (non-hydrogen) atoms. The lowest BCUT2D eigenvalue weighted by Crippen LogP contribution is -2.05.